The molecule has 0 amide bonds. The molecule has 0 unspecified atom stereocenters. The first-order valence-corrected chi connectivity index (χ1v) is 6.68. The Kier molecular flexibility index (Phi) is 6.23. The van der Waals surface area contributed by atoms with Gasteiger partial charge in [-0.05, 0) is 13.3 Å². The zero-order valence-electron chi connectivity index (χ0n) is 12.0. The second kappa shape index (κ2) is 7.70. The summed E-state index contributed by atoms with van der Waals surface area (Å²) in [6, 6.07) is 3.83. The number of nitrogen functional groups attached to an aromatic ring is 1. The molecule has 5 nitrogen and oxygen atoms in total. The molecule has 5 heteroatoms. The van der Waals surface area contributed by atoms with Crippen molar-refractivity contribution in [2.24, 2.45) is 0 Å². The number of nitrogens with zero attached hydrogens (tertiary/aromatic N) is 2. The lowest BCUT2D eigenvalue weighted by atomic mass is 10.2. The Labute approximate surface area is 114 Å². The molecule has 106 valence electrons. The third-order valence-corrected chi connectivity index (χ3v) is 2.89. The van der Waals surface area contributed by atoms with Crippen LogP contribution in [0.2, 0.25) is 0 Å². The summed E-state index contributed by atoms with van der Waals surface area (Å²) in [5.74, 6) is 0.581. The van der Waals surface area contributed by atoms with E-state index in [1.165, 1.54) is 0 Å². The number of anilines is 1. The maximum absolute atomic E-state index is 9.14. The van der Waals surface area contributed by atoms with Crippen LogP contribution in [0.15, 0.2) is 6.07 Å². The van der Waals surface area contributed by atoms with Crippen molar-refractivity contribution in [1.29, 1.82) is 5.26 Å². The van der Waals surface area contributed by atoms with E-state index >= 15 is 0 Å². The van der Waals surface area contributed by atoms with Crippen molar-refractivity contribution >= 4 is 5.69 Å². The van der Waals surface area contributed by atoms with Gasteiger partial charge in [0, 0.05) is 19.7 Å². The lowest BCUT2D eigenvalue weighted by Crippen LogP contribution is -2.20. The third kappa shape index (κ3) is 4.18. The fraction of sp³-hybridized carbons (Fsp3) is 0.643. The highest BCUT2D eigenvalue weighted by Gasteiger charge is 2.16. The average Bonchev–Trinajstić information content (AvgIpc) is 2.67. The van der Waals surface area contributed by atoms with Crippen LogP contribution in [0.3, 0.4) is 0 Å². The minimum absolute atomic E-state index is 0.0985. The Morgan fingerprint density at radius 1 is 1.47 bits per heavy atom. The smallest absolute Gasteiger partial charge is 0.218 e. The minimum atomic E-state index is -0.0985. The predicted octanol–water partition coefficient (Wildman–Crippen LogP) is 2.55. The number of nitriles is 1. The highest BCUT2D eigenvalue weighted by molar-refractivity contribution is 5.55. The molecule has 1 aromatic heterocycles. The molecule has 1 atom stereocenters. The number of ether oxygens (including phenoxy) is 2. The second-order valence-corrected chi connectivity index (χ2v) is 4.64. The molecule has 19 heavy (non-hydrogen) atoms. The van der Waals surface area contributed by atoms with E-state index in [-0.39, 0.29) is 6.10 Å². The molecule has 0 saturated carbocycles. The monoisotopic (exact) mass is 265 g/mol. The van der Waals surface area contributed by atoms with Gasteiger partial charge >= 0.3 is 0 Å². The van der Waals surface area contributed by atoms with E-state index in [1.807, 2.05) is 11.5 Å². The van der Waals surface area contributed by atoms with Crippen LogP contribution in [0.1, 0.15) is 38.8 Å². The van der Waals surface area contributed by atoms with Gasteiger partial charge in [-0.3, -0.25) is 0 Å². The number of methoxy groups -OCH3 is 1. The second-order valence-electron chi connectivity index (χ2n) is 4.64. The van der Waals surface area contributed by atoms with Crippen LogP contribution in [0.5, 0.6) is 5.88 Å². The maximum Gasteiger partial charge on any atom is 0.218 e. The van der Waals surface area contributed by atoms with E-state index in [4.69, 9.17) is 20.5 Å². The lowest BCUT2D eigenvalue weighted by molar-refractivity contribution is 0.0865. The normalized spacial score (nSPS) is 12.1. The van der Waals surface area contributed by atoms with Crippen molar-refractivity contribution in [2.45, 2.75) is 45.8 Å². The molecule has 0 bridgehead atoms. The first kappa shape index (κ1) is 15.4. The van der Waals surface area contributed by atoms with Crippen LogP contribution in [0.25, 0.3) is 0 Å². The molecule has 0 spiro atoms. The van der Waals surface area contributed by atoms with E-state index in [2.05, 4.69) is 13.0 Å². The summed E-state index contributed by atoms with van der Waals surface area (Å²) in [4.78, 5) is 0. The molecule has 0 radical (unpaired) electrons. The molecule has 1 aromatic rings. The third-order valence-electron chi connectivity index (χ3n) is 2.89. The molecule has 0 aromatic carbocycles. The summed E-state index contributed by atoms with van der Waals surface area (Å²) in [6.07, 6.45) is 3.16. The zero-order valence-corrected chi connectivity index (χ0v) is 12.0. The number of hydrogen-bond donors (Lipinski definition) is 1. The molecule has 0 saturated heterocycles. The number of nitrogens with two attached hydrogens (primary N) is 1. The Hall–Kier alpha value is -1.67. The summed E-state index contributed by atoms with van der Waals surface area (Å²) in [6.45, 7) is 5.30. The molecule has 0 aliphatic rings. The Bertz CT molecular complexity index is 435. The van der Waals surface area contributed by atoms with Crippen LogP contribution in [-0.4, -0.2) is 24.4 Å². The maximum atomic E-state index is 9.14. The highest BCUT2D eigenvalue weighted by atomic mass is 16.5. The summed E-state index contributed by atoms with van der Waals surface area (Å²) in [5, 5.41) is 9.14. The SMILES string of the molecule is CCCCCn1c(C#N)cc(N)c1O[C@H](C)COC. The van der Waals surface area contributed by atoms with Gasteiger partial charge in [0.2, 0.25) is 5.88 Å². The van der Waals surface area contributed by atoms with Crippen LogP contribution in [0.4, 0.5) is 5.69 Å². The topological polar surface area (TPSA) is 73.2 Å². The molecule has 0 fully saturated rings. The van der Waals surface area contributed by atoms with Gasteiger partial charge in [-0.15, -0.1) is 0 Å². The summed E-state index contributed by atoms with van der Waals surface area (Å²) >= 11 is 0. The summed E-state index contributed by atoms with van der Waals surface area (Å²) in [5.41, 5.74) is 6.99. The molecule has 0 aliphatic heterocycles. The van der Waals surface area contributed by atoms with E-state index in [9.17, 15) is 0 Å². The van der Waals surface area contributed by atoms with Gasteiger partial charge in [-0.1, -0.05) is 19.8 Å². The van der Waals surface area contributed by atoms with Gasteiger partial charge < -0.3 is 19.8 Å². The van der Waals surface area contributed by atoms with Gasteiger partial charge in [-0.2, -0.15) is 5.26 Å². The summed E-state index contributed by atoms with van der Waals surface area (Å²) < 4.78 is 12.7. The zero-order chi connectivity index (χ0) is 14.3. The molecular weight excluding hydrogens is 242 g/mol. The van der Waals surface area contributed by atoms with Gasteiger partial charge in [0.1, 0.15) is 17.9 Å². The first-order valence-electron chi connectivity index (χ1n) is 6.68. The Balaban J connectivity index is 2.88. The Morgan fingerprint density at radius 3 is 2.79 bits per heavy atom. The number of aromatic nitrogens is 1. The van der Waals surface area contributed by atoms with Gasteiger partial charge in [-0.25, -0.2) is 0 Å². The van der Waals surface area contributed by atoms with Crippen molar-refractivity contribution in [3.05, 3.63) is 11.8 Å². The van der Waals surface area contributed by atoms with E-state index in [0.29, 0.717) is 23.9 Å². The summed E-state index contributed by atoms with van der Waals surface area (Å²) in [7, 11) is 1.63. The van der Waals surface area contributed by atoms with Crippen LogP contribution in [-0.2, 0) is 11.3 Å². The van der Waals surface area contributed by atoms with Crippen LogP contribution < -0.4 is 10.5 Å². The van der Waals surface area contributed by atoms with E-state index < -0.39 is 0 Å². The fourth-order valence-electron chi connectivity index (χ4n) is 1.98. The minimum Gasteiger partial charge on any atom is -0.472 e. The molecule has 0 aliphatic carbocycles. The lowest BCUT2D eigenvalue weighted by Gasteiger charge is -2.17. The van der Waals surface area contributed by atoms with E-state index in [0.717, 1.165) is 25.8 Å². The van der Waals surface area contributed by atoms with Crippen LogP contribution >= 0.6 is 0 Å². The van der Waals surface area contributed by atoms with Crippen molar-refractivity contribution in [3.63, 3.8) is 0 Å². The van der Waals surface area contributed by atoms with Crippen LogP contribution in [0, 0.1) is 11.3 Å². The highest BCUT2D eigenvalue weighted by Crippen LogP contribution is 2.28. The predicted molar refractivity (Wildman–Crippen MR) is 75.1 cm³/mol. The van der Waals surface area contributed by atoms with Crippen molar-refractivity contribution in [3.8, 4) is 11.9 Å². The Morgan fingerprint density at radius 2 is 2.21 bits per heavy atom. The quantitative estimate of drug-likeness (QED) is 0.733. The van der Waals surface area contributed by atoms with Gasteiger partial charge in [0.05, 0.1) is 12.3 Å². The molecule has 1 heterocycles. The first-order chi connectivity index (χ1) is 9.13. The molecule has 1 rings (SSSR count). The standard InChI is InChI=1S/C14H23N3O2/c1-4-5-6-7-17-12(9-15)8-13(16)14(17)19-11(2)10-18-3/h8,11H,4-7,10,16H2,1-3H3/t11-/m1/s1. The van der Waals surface area contributed by atoms with Crippen molar-refractivity contribution in [1.82, 2.24) is 4.57 Å². The largest absolute Gasteiger partial charge is 0.472 e. The molecular formula is C14H23N3O2. The van der Waals surface area contributed by atoms with Crippen molar-refractivity contribution < 1.29 is 9.47 Å². The number of rotatable bonds is 8. The number of unbranched alkanes of at least 4 members (excludes halogenated alkanes) is 2. The van der Waals surface area contributed by atoms with Crippen molar-refractivity contribution in [2.75, 3.05) is 19.5 Å². The molecule has 2 N–H and O–H groups in total. The van der Waals surface area contributed by atoms with Gasteiger partial charge in [0.25, 0.3) is 0 Å². The van der Waals surface area contributed by atoms with E-state index in [1.54, 1.807) is 13.2 Å². The average molecular weight is 265 g/mol. The fourth-order valence-corrected chi connectivity index (χ4v) is 1.98. The van der Waals surface area contributed by atoms with Gasteiger partial charge in [0.15, 0.2) is 0 Å². The number of hydrogen-bond acceptors (Lipinski definition) is 4.